The van der Waals surface area contributed by atoms with Crippen molar-refractivity contribution in [2.45, 2.75) is 73.8 Å². The SMILES string of the molecule is CC1=Cc2c(C)ccc(C)c2[CH]1[Hf+2]([CH]1C(C)=Cc2c(C)ccc(C)c21)=[Si]1CCCC1.[Cl-].[Cl-]. The Bertz CT molecular complexity index is 1080. The van der Waals surface area contributed by atoms with Crippen molar-refractivity contribution >= 4 is 17.6 Å². The normalized spacial score (nSPS) is 20.5. The Hall–Kier alpha value is -0.413. The molecule has 4 heteroatoms. The molecule has 32 heavy (non-hydrogen) atoms. The predicted octanol–water partition coefficient (Wildman–Crippen LogP) is 1.95. The molecule has 2 atom stereocenters. The molecule has 0 N–H and O–H groups in total. The molecule has 1 aliphatic heterocycles. The van der Waals surface area contributed by atoms with Gasteiger partial charge in [-0.25, -0.2) is 0 Å². The van der Waals surface area contributed by atoms with E-state index in [9.17, 15) is 0 Å². The Labute approximate surface area is 214 Å². The summed E-state index contributed by atoms with van der Waals surface area (Å²) >= 11 is -2.12. The molecule has 2 aromatic carbocycles. The third kappa shape index (κ3) is 4.12. The maximum Gasteiger partial charge on any atom is -1.00 e. The van der Waals surface area contributed by atoms with E-state index in [0.29, 0.717) is 0 Å². The summed E-state index contributed by atoms with van der Waals surface area (Å²) in [6.45, 7) is 14.4. The van der Waals surface area contributed by atoms with Crippen LogP contribution in [-0.4, -0.2) is 5.49 Å². The third-order valence-corrected chi connectivity index (χ3v) is 39.4. The molecular formula is C28H34Cl2HfSi. The Kier molecular flexibility index (Phi) is 8.24. The van der Waals surface area contributed by atoms with Gasteiger partial charge in [-0.1, -0.05) is 0 Å². The minimum absolute atomic E-state index is 0. The second-order valence-electron chi connectivity index (χ2n) is 9.96. The van der Waals surface area contributed by atoms with Crippen molar-refractivity contribution in [3.8, 4) is 0 Å². The van der Waals surface area contributed by atoms with E-state index in [2.05, 4.69) is 78.0 Å². The van der Waals surface area contributed by atoms with Crippen molar-refractivity contribution in [2.24, 2.45) is 0 Å². The molecule has 1 fully saturated rings. The summed E-state index contributed by atoms with van der Waals surface area (Å²) in [6, 6.07) is 12.7. The van der Waals surface area contributed by atoms with Crippen LogP contribution in [-0.2, 0) is 20.1 Å². The van der Waals surface area contributed by atoms with Gasteiger partial charge in [0.1, 0.15) is 0 Å². The zero-order valence-electron chi connectivity index (χ0n) is 20.2. The molecule has 2 unspecified atom stereocenters. The van der Waals surface area contributed by atoms with Gasteiger partial charge in [-0.05, 0) is 0 Å². The molecule has 2 aliphatic carbocycles. The van der Waals surface area contributed by atoms with Gasteiger partial charge >= 0.3 is 191 Å². The number of halogens is 2. The van der Waals surface area contributed by atoms with Crippen LogP contribution in [0.25, 0.3) is 12.2 Å². The fourth-order valence-electron chi connectivity index (χ4n) is 6.40. The first-order valence-electron chi connectivity index (χ1n) is 11.7. The summed E-state index contributed by atoms with van der Waals surface area (Å²) in [5, 5.41) is 0. The van der Waals surface area contributed by atoms with Crippen LogP contribution in [0.4, 0.5) is 0 Å². The summed E-state index contributed by atoms with van der Waals surface area (Å²) in [5.74, 6) is 0. The van der Waals surface area contributed by atoms with Gasteiger partial charge in [0.2, 0.25) is 0 Å². The summed E-state index contributed by atoms with van der Waals surface area (Å²) < 4.78 is 1.63. The molecule has 0 aromatic heterocycles. The van der Waals surface area contributed by atoms with Crippen molar-refractivity contribution in [1.29, 1.82) is 0 Å². The monoisotopic (exact) mass is 648 g/mol. The van der Waals surface area contributed by atoms with Gasteiger partial charge in [0.15, 0.2) is 0 Å². The number of fused-ring (bicyclic) bond motifs is 2. The minimum Gasteiger partial charge on any atom is -1.00 e. The van der Waals surface area contributed by atoms with Crippen molar-refractivity contribution in [2.75, 3.05) is 0 Å². The van der Waals surface area contributed by atoms with Crippen LogP contribution in [0.3, 0.4) is 0 Å². The van der Waals surface area contributed by atoms with E-state index in [1.54, 1.807) is 56.6 Å². The van der Waals surface area contributed by atoms with Gasteiger partial charge in [0.05, 0.1) is 0 Å². The number of benzene rings is 2. The molecule has 0 bridgehead atoms. The molecule has 0 nitrogen and oxygen atoms in total. The molecule has 1 saturated heterocycles. The van der Waals surface area contributed by atoms with Gasteiger partial charge < -0.3 is 24.8 Å². The molecule has 0 amide bonds. The molecular weight excluding hydrogens is 614 g/mol. The van der Waals surface area contributed by atoms with Crippen molar-refractivity contribution < 1.29 is 44.9 Å². The van der Waals surface area contributed by atoms with Crippen LogP contribution in [0.1, 0.15) is 78.5 Å². The Morgan fingerprint density at radius 3 is 1.41 bits per heavy atom. The Balaban J connectivity index is 0.00000144. The van der Waals surface area contributed by atoms with Crippen LogP contribution >= 0.6 is 0 Å². The fraction of sp³-hybridized carbons (Fsp3) is 0.429. The van der Waals surface area contributed by atoms with E-state index >= 15 is 0 Å². The number of allylic oxidation sites excluding steroid dienone is 2. The average Bonchev–Trinajstić information content (AvgIpc) is 3.43. The zero-order valence-corrected chi connectivity index (χ0v) is 26.3. The summed E-state index contributed by atoms with van der Waals surface area (Å²) in [7, 11) is 0. The molecule has 1 heterocycles. The first-order valence-corrected chi connectivity index (χ1v) is 23.1. The predicted molar refractivity (Wildman–Crippen MR) is 129 cm³/mol. The van der Waals surface area contributed by atoms with Gasteiger partial charge in [-0.3, -0.25) is 0 Å². The minimum atomic E-state index is -2.12. The van der Waals surface area contributed by atoms with Gasteiger partial charge in [-0.2, -0.15) is 0 Å². The summed E-state index contributed by atoms with van der Waals surface area (Å²) in [6.07, 6.45) is 8.18. The average molecular weight is 648 g/mol. The maximum atomic E-state index is 2.59. The smallest absolute Gasteiger partial charge is 1.00 e. The Morgan fingerprint density at radius 1 is 0.625 bits per heavy atom. The van der Waals surface area contributed by atoms with E-state index < -0.39 is 20.1 Å². The van der Waals surface area contributed by atoms with Gasteiger partial charge in [-0.15, -0.1) is 0 Å². The molecule has 3 aliphatic rings. The Morgan fingerprint density at radius 2 is 1.00 bits per heavy atom. The molecule has 168 valence electrons. The van der Waals surface area contributed by atoms with Crippen molar-refractivity contribution in [3.63, 3.8) is 0 Å². The fourth-order valence-corrected chi connectivity index (χ4v) is 44.6. The molecule has 2 aromatic rings. The van der Waals surface area contributed by atoms with E-state index in [4.69, 9.17) is 0 Å². The van der Waals surface area contributed by atoms with E-state index in [0.717, 1.165) is 7.35 Å². The van der Waals surface area contributed by atoms with E-state index in [1.807, 2.05) is 0 Å². The summed E-state index contributed by atoms with van der Waals surface area (Å²) in [5.41, 5.74) is 16.0. The van der Waals surface area contributed by atoms with Crippen molar-refractivity contribution in [1.82, 2.24) is 0 Å². The number of hydrogen-bond donors (Lipinski definition) is 0. The van der Waals surface area contributed by atoms with Gasteiger partial charge in [0, 0.05) is 0 Å². The topological polar surface area (TPSA) is 0 Å². The van der Waals surface area contributed by atoms with Gasteiger partial charge in [0.25, 0.3) is 0 Å². The summed E-state index contributed by atoms with van der Waals surface area (Å²) in [4.78, 5) is 0. The van der Waals surface area contributed by atoms with Crippen LogP contribution in [0, 0.1) is 27.7 Å². The largest absolute Gasteiger partial charge is 1.00 e. The maximum absolute atomic E-state index is 2.59. The number of rotatable bonds is 2. The number of hydrogen-bond acceptors (Lipinski definition) is 0. The zero-order chi connectivity index (χ0) is 21.2. The van der Waals surface area contributed by atoms with Crippen LogP contribution in [0.15, 0.2) is 35.4 Å². The standard InChI is InChI=1S/2C12H13.C4H8Si.2ClH.Hf/c2*1-8-6-11-9(2)4-5-10(3)12(11)7-8;1-2-4-5-3-1;;;/h2*4-7H,1-3H3;1-4H2;2*1H;/q;;;;;+2/p-2. The van der Waals surface area contributed by atoms with E-state index in [1.165, 1.54) is 24.0 Å². The first kappa shape index (κ1) is 26.2. The van der Waals surface area contributed by atoms with Crippen LogP contribution in [0.2, 0.25) is 12.1 Å². The molecule has 0 spiro atoms. The number of aryl methyl sites for hydroxylation is 4. The van der Waals surface area contributed by atoms with Crippen LogP contribution in [0.5, 0.6) is 0 Å². The quantitative estimate of drug-likeness (QED) is 0.438. The van der Waals surface area contributed by atoms with Crippen LogP contribution < -0.4 is 24.8 Å². The van der Waals surface area contributed by atoms with Crippen molar-refractivity contribution in [3.05, 3.63) is 79.9 Å². The second kappa shape index (κ2) is 10.1. The molecule has 0 radical (unpaired) electrons. The molecule has 5 rings (SSSR count). The first-order chi connectivity index (χ1) is 14.4. The van der Waals surface area contributed by atoms with E-state index in [-0.39, 0.29) is 30.3 Å². The third-order valence-electron chi connectivity index (χ3n) is 7.92. The second-order valence-corrected chi connectivity index (χ2v) is 31.9. The molecule has 0 saturated carbocycles.